The van der Waals surface area contributed by atoms with Crippen LogP contribution in [0, 0.1) is 0 Å². The highest BCUT2D eigenvalue weighted by atomic mass is 31.2. The van der Waals surface area contributed by atoms with Crippen molar-refractivity contribution < 1.29 is 42.1 Å². The van der Waals surface area contributed by atoms with Crippen LogP contribution >= 0.6 is 7.82 Å². The van der Waals surface area contributed by atoms with Crippen LogP contribution in [0.1, 0.15) is 97.3 Å². The molecule has 0 aliphatic heterocycles. The van der Waals surface area contributed by atoms with E-state index in [4.69, 9.17) is 18.5 Å². The highest BCUT2D eigenvalue weighted by Gasteiger charge is 2.26. The molecule has 0 aliphatic carbocycles. The molecule has 0 aromatic heterocycles. The van der Waals surface area contributed by atoms with Crippen LogP contribution in [0.15, 0.2) is 0 Å². The summed E-state index contributed by atoms with van der Waals surface area (Å²) in [7, 11) is 1.47. The van der Waals surface area contributed by atoms with E-state index in [1.165, 1.54) is 38.5 Å². The van der Waals surface area contributed by atoms with E-state index in [0.29, 0.717) is 23.9 Å². The van der Waals surface area contributed by atoms with E-state index >= 15 is 0 Å². The molecule has 0 aromatic carbocycles. The smallest absolute Gasteiger partial charge is 0.462 e. The van der Waals surface area contributed by atoms with Crippen molar-refractivity contribution in [1.29, 1.82) is 0 Å². The van der Waals surface area contributed by atoms with Crippen LogP contribution in [-0.4, -0.2) is 74.9 Å². The summed E-state index contributed by atoms with van der Waals surface area (Å²) in [6.07, 6.45) is 11.4. The van der Waals surface area contributed by atoms with E-state index in [1.807, 2.05) is 28.1 Å². The first kappa shape index (κ1) is 34.0. The molecule has 0 fully saturated rings. The van der Waals surface area contributed by atoms with Gasteiger partial charge in [-0.05, 0) is 12.8 Å². The maximum absolute atomic E-state index is 12.2. The van der Waals surface area contributed by atoms with Gasteiger partial charge < -0.3 is 18.9 Å². The van der Waals surface area contributed by atoms with Gasteiger partial charge in [0, 0.05) is 12.8 Å². The summed E-state index contributed by atoms with van der Waals surface area (Å²) >= 11 is 0. The number of hydrogen-bond acceptors (Lipinski definition) is 7. The number of phosphoric acid groups is 1. The second-order valence-electron chi connectivity index (χ2n) is 10.1. The number of carbonyl (C=O) groups excluding carboxylic acids is 2. The first-order chi connectivity index (χ1) is 16.5. The van der Waals surface area contributed by atoms with Gasteiger partial charge in [0.05, 0.1) is 27.7 Å². The lowest BCUT2D eigenvalue weighted by Gasteiger charge is -2.24. The summed E-state index contributed by atoms with van der Waals surface area (Å²) in [5.74, 6) is -0.844. The van der Waals surface area contributed by atoms with Crippen LogP contribution < -0.4 is 0 Å². The predicted octanol–water partition coefficient (Wildman–Crippen LogP) is 5.39. The van der Waals surface area contributed by atoms with E-state index < -0.39 is 26.5 Å². The Bertz CT molecular complexity index is 609. The van der Waals surface area contributed by atoms with E-state index in [-0.39, 0.29) is 25.6 Å². The number of quaternary nitrogens is 1. The normalized spacial score (nSPS) is 14.3. The van der Waals surface area contributed by atoms with Crippen molar-refractivity contribution in [3.63, 3.8) is 0 Å². The molecule has 0 heterocycles. The minimum atomic E-state index is -4.32. The third kappa shape index (κ3) is 23.2. The molecule has 0 saturated carbocycles. The summed E-state index contributed by atoms with van der Waals surface area (Å²) < 4.78 is 33.3. The van der Waals surface area contributed by atoms with Crippen LogP contribution in [0.4, 0.5) is 0 Å². The topological polar surface area (TPSA) is 108 Å². The first-order valence-corrected chi connectivity index (χ1v) is 14.8. The Balaban J connectivity index is 4.39. The number of carbonyl (C=O) groups is 2. The molecule has 1 N–H and O–H groups in total. The molecule has 0 amide bonds. The van der Waals surface area contributed by atoms with Gasteiger partial charge >= 0.3 is 19.8 Å². The second-order valence-corrected chi connectivity index (χ2v) is 11.5. The number of rotatable bonds is 23. The standard InChI is InChI=1S/C25H50NO8P/c1-6-8-10-11-12-13-14-15-16-18-24(27)31-21-23(34-25(28)17-9-7-2)22-33-35(29,30)32-20-19-26(3,4)5/h23H,6-22H2,1-5H3/p+1/t23-/m0/s1. The number of phosphoric ester groups is 1. The average molecular weight is 525 g/mol. The molecule has 0 aliphatic rings. The second kappa shape index (κ2) is 20.1. The molecule has 0 rings (SSSR count). The molecule has 10 heteroatoms. The number of esters is 2. The maximum Gasteiger partial charge on any atom is 0.472 e. The molecular weight excluding hydrogens is 473 g/mol. The number of likely N-dealkylation sites (N-methyl/N-ethyl adjacent to an activating group) is 1. The van der Waals surface area contributed by atoms with Crippen molar-refractivity contribution >= 4 is 19.8 Å². The molecule has 208 valence electrons. The van der Waals surface area contributed by atoms with Gasteiger partial charge in [-0.2, -0.15) is 0 Å². The fourth-order valence-electron chi connectivity index (χ4n) is 3.16. The quantitative estimate of drug-likeness (QED) is 0.0820. The fourth-order valence-corrected chi connectivity index (χ4v) is 3.91. The lowest BCUT2D eigenvalue weighted by atomic mass is 10.1. The molecule has 2 atom stereocenters. The molecule has 0 aromatic rings. The zero-order chi connectivity index (χ0) is 26.6. The number of ether oxygens (including phenoxy) is 2. The summed E-state index contributed by atoms with van der Waals surface area (Å²) in [5, 5.41) is 0. The Morgan fingerprint density at radius 3 is 1.89 bits per heavy atom. The van der Waals surface area contributed by atoms with Crippen molar-refractivity contribution in [2.75, 3.05) is 47.5 Å². The van der Waals surface area contributed by atoms with Crippen molar-refractivity contribution in [3.05, 3.63) is 0 Å². The lowest BCUT2D eigenvalue weighted by molar-refractivity contribution is -0.870. The largest absolute Gasteiger partial charge is 0.472 e. The van der Waals surface area contributed by atoms with Gasteiger partial charge in [-0.25, -0.2) is 4.57 Å². The Hall–Kier alpha value is -0.990. The third-order valence-corrected chi connectivity index (χ3v) is 6.37. The molecule has 1 unspecified atom stereocenters. The SMILES string of the molecule is CCCCCCCCCCCC(=O)OC[C@@H](COP(=O)(O)OCC[N+](C)(C)C)OC(=O)CCCC. The van der Waals surface area contributed by atoms with Crippen molar-refractivity contribution in [2.24, 2.45) is 0 Å². The summed E-state index contributed by atoms with van der Waals surface area (Å²) in [6, 6.07) is 0. The fraction of sp³-hybridized carbons (Fsp3) is 0.920. The predicted molar refractivity (Wildman–Crippen MR) is 137 cm³/mol. The monoisotopic (exact) mass is 524 g/mol. The van der Waals surface area contributed by atoms with Crippen LogP contribution in [0.3, 0.4) is 0 Å². The Labute approximate surface area is 213 Å². The number of hydrogen-bond donors (Lipinski definition) is 1. The molecule has 0 radical (unpaired) electrons. The van der Waals surface area contributed by atoms with Crippen LogP contribution in [0.5, 0.6) is 0 Å². The van der Waals surface area contributed by atoms with Crippen molar-refractivity contribution in [1.82, 2.24) is 0 Å². The van der Waals surface area contributed by atoms with E-state index in [2.05, 4.69) is 6.92 Å². The highest BCUT2D eigenvalue weighted by Crippen LogP contribution is 2.43. The molecule has 0 saturated heterocycles. The zero-order valence-electron chi connectivity index (χ0n) is 22.8. The maximum atomic E-state index is 12.2. The highest BCUT2D eigenvalue weighted by molar-refractivity contribution is 7.47. The Morgan fingerprint density at radius 1 is 0.771 bits per heavy atom. The lowest BCUT2D eigenvalue weighted by Crippen LogP contribution is -2.37. The zero-order valence-corrected chi connectivity index (χ0v) is 23.7. The average Bonchev–Trinajstić information content (AvgIpc) is 2.77. The summed E-state index contributed by atoms with van der Waals surface area (Å²) in [6.45, 7) is 4.08. The third-order valence-electron chi connectivity index (χ3n) is 5.39. The molecule has 9 nitrogen and oxygen atoms in total. The van der Waals surface area contributed by atoms with Gasteiger partial charge in [-0.3, -0.25) is 18.6 Å². The van der Waals surface area contributed by atoms with Gasteiger partial charge in [0.1, 0.15) is 19.8 Å². The molecule has 0 spiro atoms. The van der Waals surface area contributed by atoms with Gasteiger partial charge in [-0.15, -0.1) is 0 Å². The van der Waals surface area contributed by atoms with E-state index in [0.717, 1.165) is 25.7 Å². The van der Waals surface area contributed by atoms with E-state index in [1.54, 1.807) is 0 Å². The summed E-state index contributed by atoms with van der Waals surface area (Å²) in [4.78, 5) is 34.1. The molecule has 0 bridgehead atoms. The van der Waals surface area contributed by atoms with Crippen molar-refractivity contribution in [2.45, 2.75) is 103 Å². The van der Waals surface area contributed by atoms with Gasteiger partial charge in [0.15, 0.2) is 6.10 Å². The first-order valence-electron chi connectivity index (χ1n) is 13.3. The molecule has 35 heavy (non-hydrogen) atoms. The molecular formula is C25H51NO8P+. The van der Waals surface area contributed by atoms with Gasteiger partial charge in [0.25, 0.3) is 0 Å². The van der Waals surface area contributed by atoms with E-state index in [9.17, 15) is 19.0 Å². The van der Waals surface area contributed by atoms with Crippen LogP contribution in [0.25, 0.3) is 0 Å². The Morgan fingerprint density at radius 2 is 1.31 bits per heavy atom. The number of nitrogens with zero attached hydrogens (tertiary/aromatic N) is 1. The minimum Gasteiger partial charge on any atom is -0.462 e. The Kier molecular flexibility index (Phi) is 19.5. The van der Waals surface area contributed by atoms with Crippen LogP contribution in [0.2, 0.25) is 0 Å². The van der Waals surface area contributed by atoms with Gasteiger partial charge in [0.2, 0.25) is 0 Å². The summed E-state index contributed by atoms with van der Waals surface area (Å²) in [5.41, 5.74) is 0. The number of unbranched alkanes of at least 4 members (excludes halogenated alkanes) is 9. The van der Waals surface area contributed by atoms with Gasteiger partial charge in [-0.1, -0.05) is 71.6 Å². The van der Waals surface area contributed by atoms with Crippen LogP contribution in [-0.2, 0) is 32.7 Å². The minimum absolute atomic E-state index is 0.0337. The van der Waals surface area contributed by atoms with Crippen molar-refractivity contribution in [3.8, 4) is 0 Å².